The molecule has 0 bridgehead atoms. The first-order valence-corrected chi connectivity index (χ1v) is 4.98. The molecule has 1 heterocycles. The normalized spacial score (nSPS) is 9.59. The van der Waals surface area contributed by atoms with Gasteiger partial charge in [0, 0.05) is 0 Å². The van der Waals surface area contributed by atoms with E-state index in [1.54, 1.807) is 24.4 Å². The molecule has 84 valence electrons. The molecule has 1 aromatic heterocycles. The molecule has 0 saturated heterocycles. The van der Waals surface area contributed by atoms with Crippen LogP contribution >= 0.6 is 0 Å². The fraction of sp³-hybridized carbons (Fsp3) is 0.0833. The fourth-order valence-corrected chi connectivity index (χ4v) is 1.28. The molecular weight excluding hydrogens is 216 g/mol. The molecule has 0 radical (unpaired) electrons. The van der Waals surface area contributed by atoms with Crippen LogP contribution in [0.3, 0.4) is 0 Å². The van der Waals surface area contributed by atoms with Gasteiger partial charge in [0.25, 0.3) is 0 Å². The summed E-state index contributed by atoms with van der Waals surface area (Å²) in [5.74, 6) is 0.903. The topological polar surface area (TPSA) is 84.8 Å². The van der Waals surface area contributed by atoms with Crippen molar-refractivity contribution in [2.45, 2.75) is 6.61 Å². The summed E-state index contributed by atoms with van der Waals surface area (Å²) in [5.41, 5.74) is 6.58. The molecule has 0 spiro atoms. The molecule has 2 rings (SSSR count). The number of rotatable bonds is 3. The summed E-state index contributed by atoms with van der Waals surface area (Å²) in [6, 6.07) is 9.09. The van der Waals surface area contributed by atoms with Crippen LogP contribution in [-0.2, 0) is 6.61 Å². The Bertz CT molecular complexity index is 545. The van der Waals surface area contributed by atoms with Gasteiger partial charge in [0.05, 0.1) is 23.7 Å². The van der Waals surface area contributed by atoms with E-state index in [-0.39, 0.29) is 6.61 Å². The number of nitriles is 1. The molecule has 0 aliphatic heterocycles. The number of benzene rings is 1. The maximum Gasteiger partial charge on any atom is 0.141 e. The second-order valence-electron chi connectivity index (χ2n) is 3.33. The lowest BCUT2D eigenvalue weighted by atomic mass is 10.2. The number of para-hydroxylation sites is 1. The molecule has 0 aliphatic rings. The van der Waals surface area contributed by atoms with Crippen LogP contribution in [0.4, 0.5) is 5.82 Å². The van der Waals surface area contributed by atoms with E-state index in [1.165, 1.54) is 6.20 Å². The zero-order valence-corrected chi connectivity index (χ0v) is 9.00. The molecule has 1 aromatic carbocycles. The first-order chi connectivity index (χ1) is 8.29. The van der Waals surface area contributed by atoms with Crippen molar-refractivity contribution in [1.82, 2.24) is 9.97 Å². The van der Waals surface area contributed by atoms with E-state index in [0.717, 1.165) is 0 Å². The number of nitrogens with zero attached hydrogens (tertiary/aromatic N) is 3. The minimum absolute atomic E-state index is 0.256. The highest BCUT2D eigenvalue weighted by Crippen LogP contribution is 2.17. The van der Waals surface area contributed by atoms with E-state index in [0.29, 0.717) is 22.8 Å². The van der Waals surface area contributed by atoms with Gasteiger partial charge in [-0.15, -0.1) is 0 Å². The van der Waals surface area contributed by atoms with Gasteiger partial charge in [-0.3, -0.25) is 4.98 Å². The summed E-state index contributed by atoms with van der Waals surface area (Å²) in [6.45, 7) is 0.256. The monoisotopic (exact) mass is 226 g/mol. The second kappa shape index (κ2) is 4.94. The third-order valence-electron chi connectivity index (χ3n) is 2.11. The third kappa shape index (κ3) is 2.69. The third-order valence-corrected chi connectivity index (χ3v) is 2.11. The van der Waals surface area contributed by atoms with Crippen molar-refractivity contribution in [2.75, 3.05) is 5.73 Å². The van der Waals surface area contributed by atoms with Crippen LogP contribution in [0.2, 0.25) is 0 Å². The number of hydrogen-bond donors (Lipinski definition) is 1. The van der Waals surface area contributed by atoms with Crippen LogP contribution in [0.1, 0.15) is 11.3 Å². The Morgan fingerprint density at radius 2 is 2.06 bits per heavy atom. The molecule has 0 unspecified atom stereocenters. The van der Waals surface area contributed by atoms with E-state index >= 15 is 0 Å². The number of aromatic nitrogens is 2. The van der Waals surface area contributed by atoms with Crippen LogP contribution in [0, 0.1) is 11.3 Å². The number of nitrogen functional groups attached to an aromatic ring is 1. The van der Waals surface area contributed by atoms with Gasteiger partial charge in [-0.2, -0.15) is 5.26 Å². The SMILES string of the molecule is N#Cc1ccccc1OCc1cnc(N)cn1. The van der Waals surface area contributed by atoms with Crippen LogP contribution in [0.25, 0.3) is 0 Å². The highest BCUT2D eigenvalue weighted by molar-refractivity contribution is 5.42. The maximum absolute atomic E-state index is 8.88. The summed E-state index contributed by atoms with van der Waals surface area (Å²) in [4.78, 5) is 7.96. The molecule has 0 saturated carbocycles. The molecule has 0 aliphatic carbocycles. The smallest absolute Gasteiger partial charge is 0.141 e. The second-order valence-corrected chi connectivity index (χ2v) is 3.33. The summed E-state index contributed by atoms with van der Waals surface area (Å²) in [6.07, 6.45) is 3.01. The first-order valence-electron chi connectivity index (χ1n) is 4.98. The van der Waals surface area contributed by atoms with E-state index in [4.69, 9.17) is 15.7 Å². The van der Waals surface area contributed by atoms with Crippen LogP contribution in [-0.4, -0.2) is 9.97 Å². The maximum atomic E-state index is 8.88. The van der Waals surface area contributed by atoms with Crippen molar-refractivity contribution in [3.05, 3.63) is 47.9 Å². The highest BCUT2D eigenvalue weighted by Gasteiger charge is 2.02. The number of nitrogens with two attached hydrogens (primary N) is 1. The Kier molecular flexibility index (Phi) is 3.17. The van der Waals surface area contributed by atoms with Crippen molar-refractivity contribution in [3.63, 3.8) is 0 Å². The van der Waals surface area contributed by atoms with Crippen LogP contribution in [0.5, 0.6) is 5.75 Å². The van der Waals surface area contributed by atoms with Gasteiger partial charge in [-0.1, -0.05) is 12.1 Å². The van der Waals surface area contributed by atoms with E-state index in [2.05, 4.69) is 16.0 Å². The zero-order chi connectivity index (χ0) is 12.1. The Labute approximate surface area is 98.5 Å². The molecule has 5 nitrogen and oxygen atoms in total. The standard InChI is InChI=1S/C12H10N4O/c13-5-9-3-1-2-4-11(9)17-8-10-6-16-12(14)7-15-10/h1-4,6-7H,8H2,(H2,14,16). The summed E-state index contributed by atoms with van der Waals surface area (Å²) >= 11 is 0. The molecule has 0 fully saturated rings. The van der Waals surface area contributed by atoms with Crippen molar-refractivity contribution in [2.24, 2.45) is 0 Å². The predicted octanol–water partition coefficient (Wildman–Crippen LogP) is 1.51. The number of anilines is 1. The molecule has 17 heavy (non-hydrogen) atoms. The summed E-state index contributed by atoms with van der Waals surface area (Å²) in [7, 11) is 0. The Morgan fingerprint density at radius 3 is 2.76 bits per heavy atom. The minimum Gasteiger partial charge on any atom is -0.486 e. The van der Waals surface area contributed by atoms with Gasteiger partial charge >= 0.3 is 0 Å². The lowest BCUT2D eigenvalue weighted by Gasteiger charge is -2.06. The molecule has 2 N–H and O–H groups in total. The lowest BCUT2D eigenvalue weighted by Crippen LogP contribution is -2.01. The molecule has 2 aromatic rings. The summed E-state index contributed by atoms with van der Waals surface area (Å²) < 4.78 is 5.49. The molecule has 0 atom stereocenters. The first kappa shape index (κ1) is 10.9. The van der Waals surface area contributed by atoms with Crippen LogP contribution in [0.15, 0.2) is 36.7 Å². The van der Waals surface area contributed by atoms with Gasteiger partial charge in [0.15, 0.2) is 0 Å². The van der Waals surface area contributed by atoms with Gasteiger partial charge in [0.2, 0.25) is 0 Å². The van der Waals surface area contributed by atoms with E-state index in [9.17, 15) is 0 Å². The number of ether oxygens (including phenoxy) is 1. The van der Waals surface area contributed by atoms with Gasteiger partial charge in [0.1, 0.15) is 24.2 Å². The lowest BCUT2D eigenvalue weighted by molar-refractivity contribution is 0.300. The van der Waals surface area contributed by atoms with Crippen molar-refractivity contribution in [1.29, 1.82) is 5.26 Å². The fourth-order valence-electron chi connectivity index (χ4n) is 1.28. The quantitative estimate of drug-likeness (QED) is 0.857. The summed E-state index contributed by atoms with van der Waals surface area (Å²) in [5, 5.41) is 8.88. The zero-order valence-electron chi connectivity index (χ0n) is 9.00. The van der Waals surface area contributed by atoms with Gasteiger partial charge in [-0.25, -0.2) is 4.98 Å². The van der Waals surface area contributed by atoms with Crippen molar-refractivity contribution < 1.29 is 4.74 Å². The Hall–Kier alpha value is -2.61. The average molecular weight is 226 g/mol. The number of hydrogen-bond acceptors (Lipinski definition) is 5. The predicted molar refractivity (Wildman–Crippen MR) is 61.9 cm³/mol. The van der Waals surface area contributed by atoms with Gasteiger partial charge < -0.3 is 10.5 Å². The molecular formula is C12H10N4O. The van der Waals surface area contributed by atoms with Gasteiger partial charge in [-0.05, 0) is 12.1 Å². The average Bonchev–Trinajstić information content (AvgIpc) is 2.38. The van der Waals surface area contributed by atoms with Crippen molar-refractivity contribution in [3.8, 4) is 11.8 Å². The molecule has 5 heteroatoms. The van der Waals surface area contributed by atoms with Crippen LogP contribution < -0.4 is 10.5 Å². The van der Waals surface area contributed by atoms with E-state index < -0.39 is 0 Å². The molecule has 0 amide bonds. The Balaban J connectivity index is 2.08. The van der Waals surface area contributed by atoms with E-state index in [1.807, 2.05) is 6.07 Å². The Morgan fingerprint density at radius 1 is 1.24 bits per heavy atom. The largest absolute Gasteiger partial charge is 0.486 e. The highest BCUT2D eigenvalue weighted by atomic mass is 16.5. The minimum atomic E-state index is 0.256. The van der Waals surface area contributed by atoms with Crippen molar-refractivity contribution >= 4 is 5.82 Å².